The molecule has 1 spiro atoms. The van der Waals surface area contributed by atoms with Gasteiger partial charge in [0.15, 0.2) is 10.9 Å². The molecule has 0 radical (unpaired) electrons. The topological polar surface area (TPSA) is 33.2 Å². The van der Waals surface area contributed by atoms with Crippen molar-refractivity contribution in [1.29, 1.82) is 0 Å². The molecule has 2 aliphatic rings. The minimum absolute atomic E-state index is 0.128. The van der Waals surface area contributed by atoms with E-state index in [4.69, 9.17) is 0 Å². The van der Waals surface area contributed by atoms with E-state index in [0.717, 1.165) is 23.1 Å². The third-order valence-corrected chi connectivity index (χ3v) is 5.76. The van der Waals surface area contributed by atoms with E-state index < -0.39 is 0 Å². The summed E-state index contributed by atoms with van der Waals surface area (Å²) >= 11 is 1.54. The Kier molecular flexibility index (Phi) is 3.14. The van der Waals surface area contributed by atoms with Crippen LogP contribution in [0.1, 0.15) is 55.1 Å². The molecule has 3 rings (SSSR count). The van der Waals surface area contributed by atoms with Gasteiger partial charge >= 0.3 is 0 Å². The largest absolute Gasteiger partial charge is 0.348 e. The predicted molar refractivity (Wildman–Crippen MR) is 74.5 cm³/mol. The van der Waals surface area contributed by atoms with Crippen LogP contribution in [0, 0.1) is 5.41 Å². The van der Waals surface area contributed by atoms with Crippen LogP contribution in [0.2, 0.25) is 0 Å². The Morgan fingerprint density at radius 2 is 1.94 bits per heavy atom. The highest BCUT2D eigenvalue weighted by Gasteiger charge is 2.37. The first-order chi connectivity index (χ1) is 8.69. The summed E-state index contributed by atoms with van der Waals surface area (Å²) in [5.41, 5.74) is 0.650. The van der Waals surface area contributed by atoms with Crippen LogP contribution in [0.3, 0.4) is 0 Å². The van der Waals surface area contributed by atoms with Gasteiger partial charge in [-0.2, -0.15) is 0 Å². The molecule has 0 N–H and O–H groups in total. The van der Waals surface area contributed by atoms with Gasteiger partial charge in [-0.15, -0.1) is 0 Å². The smallest absolute Gasteiger partial charge is 0.185 e. The molecule has 4 heteroatoms. The van der Waals surface area contributed by atoms with Gasteiger partial charge in [-0.25, -0.2) is 4.98 Å². The van der Waals surface area contributed by atoms with Crippen molar-refractivity contribution < 1.29 is 4.79 Å². The molecule has 2 fully saturated rings. The van der Waals surface area contributed by atoms with Crippen LogP contribution in [-0.2, 0) is 0 Å². The van der Waals surface area contributed by atoms with E-state index >= 15 is 0 Å². The van der Waals surface area contributed by atoms with E-state index in [-0.39, 0.29) is 5.78 Å². The minimum atomic E-state index is 0.128. The number of hydrogen-bond donors (Lipinski definition) is 0. The third-order valence-electron chi connectivity index (χ3n) is 4.60. The Hall–Kier alpha value is -0.900. The summed E-state index contributed by atoms with van der Waals surface area (Å²) in [6.07, 6.45) is 10.0. The van der Waals surface area contributed by atoms with Crippen molar-refractivity contribution in [3.63, 3.8) is 0 Å². The average Bonchev–Trinajstić information content (AvgIpc) is 3.00. The van der Waals surface area contributed by atoms with Gasteiger partial charge in [0.05, 0.1) is 11.1 Å². The van der Waals surface area contributed by atoms with Gasteiger partial charge < -0.3 is 4.90 Å². The Labute approximate surface area is 112 Å². The number of Topliss-reactive ketones (excluding diaryl/α,β-unsaturated/α-hetero) is 1. The maximum absolute atomic E-state index is 11.3. The summed E-state index contributed by atoms with van der Waals surface area (Å²) in [6, 6.07) is 0. The van der Waals surface area contributed by atoms with Gasteiger partial charge in [0.2, 0.25) is 0 Å². The second kappa shape index (κ2) is 4.65. The molecular formula is C14H20N2OS. The molecule has 3 nitrogen and oxygen atoms in total. The van der Waals surface area contributed by atoms with E-state index in [1.54, 1.807) is 24.5 Å². The number of ketones is 1. The second-order valence-electron chi connectivity index (χ2n) is 5.76. The first kappa shape index (κ1) is 12.2. The Morgan fingerprint density at radius 1 is 1.28 bits per heavy atom. The van der Waals surface area contributed by atoms with Gasteiger partial charge in [0, 0.05) is 20.0 Å². The summed E-state index contributed by atoms with van der Waals surface area (Å²) in [4.78, 5) is 18.8. The van der Waals surface area contributed by atoms with Crippen LogP contribution >= 0.6 is 11.3 Å². The van der Waals surface area contributed by atoms with E-state index in [1.807, 2.05) is 0 Å². The molecule has 1 saturated carbocycles. The monoisotopic (exact) mass is 264 g/mol. The van der Waals surface area contributed by atoms with Gasteiger partial charge in [-0.3, -0.25) is 4.79 Å². The van der Waals surface area contributed by atoms with Crippen molar-refractivity contribution in [2.75, 3.05) is 18.0 Å². The Balaban J connectivity index is 1.66. The summed E-state index contributed by atoms with van der Waals surface area (Å²) in [6.45, 7) is 3.84. The highest BCUT2D eigenvalue weighted by atomic mass is 32.1. The first-order valence-electron chi connectivity index (χ1n) is 6.90. The number of carbonyl (C=O) groups is 1. The average molecular weight is 264 g/mol. The number of thiazole rings is 1. The van der Waals surface area contributed by atoms with E-state index in [0.29, 0.717) is 5.41 Å². The zero-order valence-electron chi connectivity index (χ0n) is 10.9. The highest BCUT2D eigenvalue weighted by Crippen LogP contribution is 2.46. The fourth-order valence-corrected chi connectivity index (χ4v) is 4.23. The van der Waals surface area contributed by atoms with Gasteiger partial charge in [0.25, 0.3) is 0 Å². The van der Waals surface area contributed by atoms with Crippen LogP contribution in [0.15, 0.2) is 6.20 Å². The van der Waals surface area contributed by atoms with Crippen molar-refractivity contribution in [3.8, 4) is 0 Å². The van der Waals surface area contributed by atoms with Crippen LogP contribution in [0.25, 0.3) is 0 Å². The molecule has 1 aliphatic carbocycles. The zero-order chi connectivity index (χ0) is 12.6. The summed E-state index contributed by atoms with van der Waals surface area (Å²) in [7, 11) is 0. The molecule has 0 bridgehead atoms. The number of carbonyl (C=O) groups excluding carboxylic acids is 1. The van der Waals surface area contributed by atoms with Gasteiger partial charge in [-0.1, -0.05) is 24.2 Å². The van der Waals surface area contributed by atoms with E-state index in [1.165, 1.54) is 38.5 Å². The Morgan fingerprint density at radius 3 is 2.50 bits per heavy atom. The molecular weight excluding hydrogens is 244 g/mol. The fourth-order valence-electron chi connectivity index (χ4n) is 3.37. The molecule has 0 atom stereocenters. The lowest BCUT2D eigenvalue weighted by atomic mass is 9.77. The summed E-state index contributed by atoms with van der Waals surface area (Å²) in [5.74, 6) is 0.128. The molecule has 2 heterocycles. The SMILES string of the molecule is CC(=O)c1cnc(N2CCC3(CCCC3)CC2)s1. The quantitative estimate of drug-likeness (QED) is 0.766. The number of anilines is 1. The van der Waals surface area contributed by atoms with Crippen molar-refractivity contribution in [2.24, 2.45) is 5.41 Å². The third kappa shape index (κ3) is 2.18. The molecule has 98 valence electrons. The molecule has 1 aromatic rings. The van der Waals surface area contributed by atoms with Crippen molar-refractivity contribution in [2.45, 2.75) is 45.4 Å². The minimum Gasteiger partial charge on any atom is -0.348 e. The molecule has 0 unspecified atom stereocenters. The predicted octanol–water partition coefficient (Wildman–Crippen LogP) is 3.51. The van der Waals surface area contributed by atoms with Gasteiger partial charge in [0.1, 0.15) is 0 Å². The first-order valence-corrected chi connectivity index (χ1v) is 7.72. The second-order valence-corrected chi connectivity index (χ2v) is 6.77. The van der Waals surface area contributed by atoms with Crippen LogP contribution in [-0.4, -0.2) is 23.9 Å². The number of aromatic nitrogens is 1. The van der Waals surface area contributed by atoms with Gasteiger partial charge in [-0.05, 0) is 31.1 Å². The van der Waals surface area contributed by atoms with Crippen LogP contribution in [0.5, 0.6) is 0 Å². The molecule has 0 amide bonds. The molecule has 0 aromatic carbocycles. The van der Waals surface area contributed by atoms with E-state index in [2.05, 4.69) is 9.88 Å². The molecule has 18 heavy (non-hydrogen) atoms. The van der Waals surface area contributed by atoms with Crippen LogP contribution in [0.4, 0.5) is 5.13 Å². The lowest BCUT2D eigenvalue weighted by molar-refractivity contribution is 0.102. The lowest BCUT2D eigenvalue weighted by Gasteiger charge is -2.39. The van der Waals surface area contributed by atoms with E-state index in [9.17, 15) is 4.79 Å². The summed E-state index contributed by atoms with van der Waals surface area (Å²) < 4.78 is 0. The number of rotatable bonds is 2. The molecule has 1 aliphatic heterocycles. The normalized spacial score (nSPS) is 22.6. The van der Waals surface area contributed by atoms with Crippen molar-refractivity contribution >= 4 is 22.3 Å². The molecule has 1 aromatic heterocycles. The van der Waals surface area contributed by atoms with Crippen molar-refractivity contribution in [1.82, 2.24) is 4.98 Å². The lowest BCUT2D eigenvalue weighted by Crippen LogP contribution is -2.38. The zero-order valence-corrected chi connectivity index (χ0v) is 11.8. The maximum Gasteiger partial charge on any atom is 0.185 e. The molecule has 1 saturated heterocycles. The maximum atomic E-state index is 11.3. The van der Waals surface area contributed by atoms with Crippen molar-refractivity contribution in [3.05, 3.63) is 11.1 Å². The number of hydrogen-bond acceptors (Lipinski definition) is 4. The van der Waals surface area contributed by atoms with Crippen LogP contribution < -0.4 is 4.90 Å². The fraction of sp³-hybridized carbons (Fsp3) is 0.714. The summed E-state index contributed by atoms with van der Waals surface area (Å²) in [5, 5.41) is 1.04. The highest BCUT2D eigenvalue weighted by molar-refractivity contribution is 7.17. The standard InChI is InChI=1S/C14H20N2OS/c1-11(17)12-10-15-13(18-12)16-8-6-14(7-9-16)4-2-3-5-14/h10H,2-9H2,1H3. The number of piperidine rings is 1. The Bertz CT molecular complexity index is 438. The number of nitrogens with zero attached hydrogens (tertiary/aromatic N) is 2.